The summed E-state index contributed by atoms with van der Waals surface area (Å²) in [4.78, 5) is 13.6. The van der Waals surface area contributed by atoms with Gasteiger partial charge >= 0.3 is 0 Å². The van der Waals surface area contributed by atoms with Crippen LogP contribution in [0.5, 0.6) is 0 Å². The third-order valence-electron chi connectivity index (χ3n) is 2.48. The molecular weight excluding hydrogens is 341 g/mol. The lowest BCUT2D eigenvalue weighted by Crippen LogP contribution is -2.24. The lowest BCUT2D eigenvalue weighted by molar-refractivity contribution is -0.113. The van der Waals surface area contributed by atoms with Crippen molar-refractivity contribution in [3.05, 3.63) is 58.1 Å². The van der Waals surface area contributed by atoms with Crippen molar-refractivity contribution in [3.63, 3.8) is 0 Å². The van der Waals surface area contributed by atoms with Crippen LogP contribution in [0.3, 0.4) is 0 Å². The van der Waals surface area contributed by atoms with Crippen LogP contribution in [0.2, 0.25) is 0 Å². The van der Waals surface area contributed by atoms with Gasteiger partial charge in [0.15, 0.2) is 0 Å². The summed E-state index contributed by atoms with van der Waals surface area (Å²) in [5, 5.41) is 0. The maximum absolute atomic E-state index is 12.0. The zero-order valence-corrected chi connectivity index (χ0v) is 12.0. The van der Waals surface area contributed by atoms with Crippen molar-refractivity contribution in [1.82, 2.24) is 0 Å². The van der Waals surface area contributed by atoms with Crippen LogP contribution in [0.1, 0.15) is 5.76 Å². The number of para-hydroxylation sites is 1. The second-order valence-corrected chi connectivity index (χ2v) is 4.86. The molecule has 2 rings (SSSR count). The molecule has 0 saturated carbocycles. The third-order valence-corrected chi connectivity index (χ3v) is 3.39. The quantitative estimate of drug-likeness (QED) is 0.625. The molecule has 2 aromatic rings. The molecule has 1 amide bonds. The van der Waals surface area contributed by atoms with E-state index in [-0.39, 0.29) is 5.91 Å². The molecule has 1 heterocycles. The number of anilines is 1. The first-order valence-corrected chi connectivity index (χ1v) is 6.50. The Morgan fingerprint density at radius 2 is 2.06 bits per heavy atom. The predicted octanol–water partition coefficient (Wildman–Crippen LogP) is 3.56. The number of likely N-dealkylation sites (N-methyl/N-ethyl adjacent to an activating group) is 1. The van der Waals surface area contributed by atoms with Gasteiger partial charge in [0.2, 0.25) is 0 Å². The summed E-state index contributed by atoms with van der Waals surface area (Å²) in [5.74, 6) is 0.579. The first-order valence-electron chi connectivity index (χ1n) is 5.42. The van der Waals surface area contributed by atoms with E-state index < -0.39 is 0 Å². The molecule has 0 atom stereocenters. The van der Waals surface area contributed by atoms with E-state index in [0.717, 1.165) is 9.26 Å². The van der Waals surface area contributed by atoms with Gasteiger partial charge in [-0.2, -0.15) is 0 Å². The van der Waals surface area contributed by atoms with Crippen LogP contribution in [0.25, 0.3) is 6.08 Å². The summed E-state index contributed by atoms with van der Waals surface area (Å²) in [7, 11) is 1.76. The SMILES string of the molecule is CN(C(=O)/C=C/c1ccco1)c1ccccc1I. The van der Waals surface area contributed by atoms with Gasteiger partial charge in [-0.25, -0.2) is 0 Å². The number of carbonyl (C=O) groups is 1. The molecule has 0 unspecified atom stereocenters. The van der Waals surface area contributed by atoms with Crippen molar-refractivity contribution in [2.24, 2.45) is 0 Å². The minimum atomic E-state index is -0.0875. The number of nitrogens with zero attached hydrogens (tertiary/aromatic N) is 1. The van der Waals surface area contributed by atoms with E-state index in [0.29, 0.717) is 5.76 Å². The highest BCUT2D eigenvalue weighted by molar-refractivity contribution is 14.1. The normalized spacial score (nSPS) is 10.8. The molecule has 1 aromatic heterocycles. The number of carbonyl (C=O) groups excluding carboxylic acids is 1. The van der Waals surface area contributed by atoms with Gasteiger partial charge in [0, 0.05) is 16.7 Å². The molecule has 0 fully saturated rings. The van der Waals surface area contributed by atoms with Crippen molar-refractivity contribution < 1.29 is 9.21 Å². The molecule has 1 aromatic carbocycles. The molecule has 4 heteroatoms. The Morgan fingerprint density at radius 3 is 2.72 bits per heavy atom. The van der Waals surface area contributed by atoms with Crippen LogP contribution >= 0.6 is 22.6 Å². The zero-order valence-electron chi connectivity index (χ0n) is 9.84. The van der Waals surface area contributed by atoms with Crippen LogP contribution in [0, 0.1) is 3.57 Å². The van der Waals surface area contributed by atoms with Gasteiger partial charge in [-0.3, -0.25) is 4.79 Å². The zero-order chi connectivity index (χ0) is 13.0. The van der Waals surface area contributed by atoms with E-state index in [1.807, 2.05) is 24.3 Å². The van der Waals surface area contributed by atoms with E-state index in [2.05, 4.69) is 22.6 Å². The van der Waals surface area contributed by atoms with Crippen LogP contribution < -0.4 is 4.90 Å². The number of furan rings is 1. The highest BCUT2D eigenvalue weighted by Crippen LogP contribution is 2.21. The van der Waals surface area contributed by atoms with E-state index in [1.54, 1.807) is 36.4 Å². The summed E-state index contributed by atoms with van der Waals surface area (Å²) in [6.45, 7) is 0. The highest BCUT2D eigenvalue weighted by Gasteiger charge is 2.10. The monoisotopic (exact) mass is 353 g/mol. The van der Waals surface area contributed by atoms with Crippen molar-refractivity contribution in [3.8, 4) is 0 Å². The number of benzene rings is 1. The molecule has 18 heavy (non-hydrogen) atoms. The average Bonchev–Trinajstić information content (AvgIpc) is 2.89. The number of halogens is 1. The maximum Gasteiger partial charge on any atom is 0.250 e. The van der Waals surface area contributed by atoms with E-state index in [9.17, 15) is 4.79 Å². The Morgan fingerprint density at radius 1 is 1.28 bits per heavy atom. The Hall–Kier alpha value is -1.56. The molecule has 92 valence electrons. The fourth-order valence-electron chi connectivity index (χ4n) is 1.49. The molecule has 0 aliphatic rings. The lowest BCUT2D eigenvalue weighted by Gasteiger charge is -2.16. The maximum atomic E-state index is 12.0. The van der Waals surface area contributed by atoms with Gasteiger partial charge in [0.1, 0.15) is 5.76 Å². The molecule has 0 spiro atoms. The smallest absolute Gasteiger partial charge is 0.250 e. The molecule has 0 radical (unpaired) electrons. The number of amides is 1. The number of rotatable bonds is 3. The van der Waals surface area contributed by atoms with Crippen molar-refractivity contribution >= 4 is 40.3 Å². The Labute approximate surface area is 119 Å². The second kappa shape index (κ2) is 5.86. The van der Waals surface area contributed by atoms with E-state index >= 15 is 0 Å². The van der Waals surface area contributed by atoms with Gasteiger partial charge in [-0.05, 0) is 52.9 Å². The van der Waals surface area contributed by atoms with Crippen LogP contribution in [-0.4, -0.2) is 13.0 Å². The average molecular weight is 353 g/mol. The van der Waals surface area contributed by atoms with Crippen molar-refractivity contribution in [2.45, 2.75) is 0 Å². The Bertz CT molecular complexity index is 561. The molecule has 3 nitrogen and oxygen atoms in total. The third kappa shape index (κ3) is 3.01. The summed E-state index contributed by atoms with van der Waals surface area (Å²) in [5.41, 5.74) is 0.896. The van der Waals surface area contributed by atoms with Crippen molar-refractivity contribution in [1.29, 1.82) is 0 Å². The molecule has 0 bridgehead atoms. The topological polar surface area (TPSA) is 33.5 Å². The van der Waals surface area contributed by atoms with Gasteiger partial charge < -0.3 is 9.32 Å². The fourth-order valence-corrected chi connectivity index (χ4v) is 2.24. The van der Waals surface area contributed by atoms with Crippen LogP contribution in [0.4, 0.5) is 5.69 Å². The van der Waals surface area contributed by atoms with Crippen LogP contribution in [0.15, 0.2) is 53.2 Å². The minimum absolute atomic E-state index is 0.0875. The fraction of sp³-hybridized carbons (Fsp3) is 0.0714. The first-order chi connectivity index (χ1) is 8.68. The number of hydrogen-bond acceptors (Lipinski definition) is 2. The summed E-state index contributed by atoms with van der Waals surface area (Å²) < 4.78 is 6.17. The summed E-state index contributed by atoms with van der Waals surface area (Å²) in [6.07, 6.45) is 4.74. The molecule has 0 aliphatic carbocycles. The standard InChI is InChI=1S/C14H12INO2/c1-16(13-7-3-2-6-12(13)15)14(17)9-8-11-5-4-10-18-11/h2-10H,1H3/b9-8+. The summed E-state index contributed by atoms with van der Waals surface area (Å²) in [6, 6.07) is 11.3. The lowest BCUT2D eigenvalue weighted by atomic mass is 10.3. The number of hydrogen-bond donors (Lipinski definition) is 0. The van der Waals surface area contributed by atoms with E-state index in [1.165, 1.54) is 6.08 Å². The highest BCUT2D eigenvalue weighted by atomic mass is 127. The van der Waals surface area contributed by atoms with Gasteiger partial charge in [-0.15, -0.1) is 0 Å². The molecule has 0 N–H and O–H groups in total. The van der Waals surface area contributed by atoms with E-state index in [4.69, 9.17) is 4.42 Å². The van der Waals surface area contributed by atoms with Gasteiger partial charge in [0.25, 0.3) is 5.91 Å². The minimum Gasteiger partial charge on any atom is -0.465 e. The Kier molecular flexibility index (Phi) is 4.19. The largest absolute Gasteiger partial charge is 0.465 e. The molecule has 0 saturated heterocycles. The first kappa shape index (κ1) is 12.9. The Balaban J connectivity index is 2.12. The van der Waals surface area contributed by atoms with Crippen molar-refractivity contribution in [2.75, 3.05) is 11.9 Å². The second-order valence-electron chi connectivity index (χ2n) is 3.70. The van der Waals surface area contributed by atoms with Gasteiger partial charge in [-0.1, -0.05) is 12.1 Å². The molecule has 0 aliphatic heterocycles. The summed E-state index contributed by atoms with van der Waals surface area (Å²) >= 11 is 2.21. The van der Waals surface area contributed by atoms with Gasteiger partial charge in [0.05, 0.1) is 12.0 Å². The predicted molar refractivity (Wildman–Crippen MR) is 80.3 cm³/mol. The molecular formula is C14H12INO2. The van der Waals surface area contributed by atoms with Crippen LogP contribution in [-0.2, 0) is 4.79 Å².